The molecular weight excluding hydrogens is 224 g/mol. The third-order valence-electron chi connectivity index (χ3n) is 2.40. The first-order chi connectivity index (χ1) is 7.60. The molecule has 1 aromatic rings. The van der Waals surface area contributed by atoms with Gasteiger partial charge in [-0.15, -0.1) is 0 Å². The second-order valence-electron chi connectivity index (χ2n) is 3.57. The lowest BCUT2D eigenvalue weighted by atomic mass is 10.2. The smallest absolute Gasteiger partial charge is 0.273 e. The number of thioether (sulfide) groups is 1. The predicted molar refractivity (Wildman–Crippen MR) is 67.7 cm³/mol. The van der Waals surface area contributed by atoms with Crippen LogP contribution in [-0.2, 0) is 6.42 Å². The molecule has 0 aliphatic carbocycles. The molecular formula is C10H18N4OS. The highest BCUT2D eigenvalue weighted by Gasteiger charge is 2.16. The van der Waals surface area contributed by atoms with E-state index in [0.717, 1.165) is 12.1 Å². The lowest BCUT2D eigenvalue weighted by Gasteiger charge is -2.08. The molecule has 1 unspecified atom stereocenters. The Morgan fingerprint density at radius 3 is 2.88 bits per heavy atom. The largest absolute Gasteiger partial charge is 0.395 e. The van der Waals surface area contributed by atoms with Gasteiger partial charge in [0.05, 0.1) is 11.4 Å². The average molecular weight is 242 g/mol. The maximum absolute atomic E-state index is 11.7. The number of carbonyl (C=O) groups is 1. The van der Waals surface area contributed by atoms with Crippen LogP contribution in [0.15, 0.2) is 0 Å². The van der Waals surface area contributed by atoms with Crippen molar-refractivity contribution in [1.29, 1.82) is 0 Å². The van der Waals surface area contributed by atoms with E-state index in [1.165, 1.54) is 0 Å². The number of nitrogens with two attached hydrogens (primary N) is 1. The number of hydrogen-bond acceptors (Lipinski definition) is 4. The van der Waals surface area contributed by atoms with E-state index < -0.39 is 0 Å². The Morgan fingerprint density at radius 2 is 2.38 bits per heavy atom. The standard InChI is InChI=1S/C10H18N4OS/c1-4-7-8(11)9(14-13-7)10(15)12-5-6(2)16-3/h6H,4-5,11H2,1-3H3,(H,12,15)(H,13,14). The van der Waals surface area contributed by atoms with Gasteiger partial charge in [-0.1, -0.05) is 13.8 Å². The van der Waals surface area contributed by atoms with Crippen LogP contribution in [0, 0.1) is 0 Å². The number of rotatable bonds is 5. The summed E-state index contributed by atoms with van der Waals surface area (Å²) in [5.41, 5.74) is 7.35. The number of amides is 1. The summed E-state index contributed by atoms with van der Waals surface area (Å²) in [7, 11) is 0. The maximum Gasteiger partial charge on any atom is 0.273 e. The molecule has 1 heterocycles. The minimum atomic E-state index is -0.214. The van der Waals surface area contributed by atoms with Gasteiger partial charge in [0.25, 0.3) is 5.91 Å². The molecule has 0 saturated heterocycles. The first-order valence-corrected chi connectivity index (χ1v) is 6.52. The molecule has 0 aliphatic heterocycles. The molecule has 5 nitrogen and oxygen atoms in total. The number of anilines is 1. The summed E-state index contributed by atoms with van der Waals surface area (Å²) >= 11 is 1.70. The third-order valence-corrected chi connectivity index (χ3v) is 3.38. The van der Waals surface area contributed by atoms with Crippen molar-refractivity contribution in [3.63, 3.8) is 0 Å². The Bertz CT molecular complexity index is 364. The summed E-state index contributed by atoms with van der Waals surface area (Å²) in [4.78, 5) is 11.7. The fourth-order valence-corrected chi connectivity index (χ4v) is 1.48. The number of aromatic amines is 1. The number of nitrogens with zero attached hydrogens (tertiary/aromatic N) is 1. The van der Waals surface area contributed by atoms with E-state index in [-0.39, 0.29) is 5.91 Å². The van der Waals surface area contributed by atoms with E-state index >= 15 is 0 Å². The van der Waals surface area contributed by atoms with Crippen molar-refractivity contribution in [3.05, 3.63) is 11.4 Å². The van der Waals surface area contributed by atoms with Crippen LogP contribution in [0.3, 0.4) is 0 Å². The van der Waals surface area contributed by atoms with Gasteiger partial charge in [-0.25, -0.2) is 0 Å². The molecule has 0 bridgehead atoms. The Labute approximate surface area is 99.6 Å². The van der Waals surface area contributed by atoms with E-state index in [1.807, 2.05) is 13.2 Å². The van der Waals surface area contributed by atoms with Crippen LogP contribution in [0.4, 0.5) is 5.69 Å². The maximum atomic E-state index is 11.7. The van der Waals surface area contributed by atoms with Crippen LogP contribution in [-0.4, -0.2) is 34.2 Å². The van der Waals surface area contributed by atoms with Crippen molar-refractivity contribution < 1.29 is 4.79 Å². The van der Waals surface area contributed by atoms with Crippen molar-refractivity contribution in [2.45, 2.75) is 25.5 Å². The molecule has 1 rings (SSSR count). The number of nitrogen functional groups attached to an aromatic ring is 1. The monoisotopic (exact) mass is 242 g/mol. The van der Waals surface area contributed by atoms with Gasteiger partial charge in [0, 0.05) is 11.8 Å². The highest BCUT2D eigenvalue weighted by Crippen LogP contribution is 2.14. The van der Waals surface area contributed by atoms with Gasteiger partial charge in [0.15, 0.2) is 5.69 Å². The van der Waals surface area contributed by atoms with Gasteiger partial charge in [-0.05, 0) is 12.7 Å². The van der Waals surface area contributed by atoms with Gasteiger partial charge in [-0.3, -0.25) is 9.89 Å². The molecule has 0 spiro atoms. The summed E-state index contributed by atoms with van der Waals surface area (Å²) in [5, 5.41) is 9.88. The topological polar surface area (TPSA) is 83.8 Å². The van der Waals surface area contributed by atoms with E-state index in [0.29, 0.717) is 23.2 Å². The summed E-state index contributed by atoms with van der Waals surface area (Å²) in [5.74, 6) is -0.214. The van der Waals surface area contributed by atoms with Crippen molar-refractivity contribution in [2.75, 3.05) is 18.5 Å². The van der Waals surface area contributed by atoms with Crippen LogP contribution >= 0.6 is 11.8 Å². The number of hydrogen-bond donors (Lipinski definition) is 3. The highest BCUT2D eigenvalue weighted by atomic mass is 32.2. The Kier molecular flexibility index (Phi) is 4.67. The normalized spacial score (nSPS) is 12.4. The minimum Gasteiger partial charge on any atom is -0.395 e. The summed E-state index contributed by atoms with van der Waals surface area (Å²) in [6.45, 7) is 4.63. The average Bonchev–Trinajstić information content (AvgIpc) is 2.66. The van der Waals surface area contributed by atoms with E-state index in [1.54, 1.807) is 11.8 Å². The lowest BCUT2D eigenvalue weighted by Crippen LogP contribution is -2.30. The number of H-pyrrole nitrogens is 1. The zero-order valence-electron chi connectivity index (χ0n) is 9.83. The summed E-state index contributed by atoms with van der Waals surface area (Å²) in [6.07, 6.45) is 2.75. The number of aromatic nitrogens is 2. The fraction of sp³-hybridized carbons (Fsp3) is 0.600. The summed E-state index contributed by atoms with van der Waals surface area (Å²) < 4.78 is 0. The van der Waals surface area contributed by atoms with E-state index in [2.05, 4.69) is 22.4 Å². The van der Waals surface area contributed by atoms with Crippen molar-refractivity contribution in [2.24, 2.45) is 0 Å². The molecule has 1 atom stereocenters. The number of carbonyl (C=O) groups excluding carboxylic acids is 1. The van der Waals surface area contributed by atoms with Gasteiger partial charge < -0.3 is 11.1 Å². The highest BCUT2D eigenvalue weighted by molar-refractivity contribution is 7.99. The van der Waals surface area contributed by atoms with Gasteiger partial charge >= 0.3 is 0 Å². The second-order valence-corrected chi connectivity index (χ2v) is 4.85. The molecule has 4 N–H and O–H groups in total. The molecule has 0 radical (unpaired) electrons. The summed E-state index contributed by atoms with van der Waals surface area (Å²) in [6, 6.07) is 0. The van der Waals surface area contributed by atoms with Crippen LogP contribution in [0.25, 0.3) is 0 Å². The first kappa shape index (κ1) is 12.9. The van der Waals surface area contributed by atoms with E-state index in [4.69, 9.17) is 5.73 Å². The molecule has 6 heteroatoms. The fourth-order valence-electron chi connectivity index (χ4n) is 1.23. The Morgan fingerprint density at radius 1 is 1.69 bits per heavy atom. The Hall–Kier alpha value is -1.17. The molecule has 90 valence electrons. The third kappa shape index (κ3) is 2.91. The van der Waals surface area contributed by atoms with Crippen LogP contribution in [0.5, 0.6) is 0 Å². The first-order valence-electron chi connectivity index (χ1n) is 5.23. The number of aryl methyl sites for hydroxylation is 1. The number of nitrogens with one attached hydrogen (secondary N) is 2. The van der Waals surface area contributed by atoms with Crippen molar-refractivity contribution in [1.82, 2.24) is 15.5 Å². The molecule has 1 aromatic heterocycles. The molecule has 0 aliphatic rings. The van der Waals surface area contributed by atoms with Gasteiger partial charge in [0.2, 0.25) is 0 Å². The van der Waals surface area contributed by atoms with Crippen LogP contribution < -0.4 is 11.1 Å². The van der Waals surface area contributed by atoms with Gasteiger partial charge in [0.1, 0.15) is 0 Å². The molecule has 16 heavy (non-hydrogen) atoms. The quantitative estimate of drug-likeness (QED) is 0.720. The lowest BCUT2D eigenvalue weighted by molar-refractivity contribution is 0.0950. The van der Waals surface area contributed by atoms with Crippen molar-refractivity contribution in [3.8, 4) is 0 Å². The molecule has 0 saturated carbocycles. The minimum absolute atomic E-state index is 0.214. The van der Waals surface area contributed by atoms with E-state index in [9.17, 15) is 4.79 Å². The van der Waals surface area contributed by atoms with Crippen molar-refractivity contribution >= 4 is 23.4 Å². The SMILES string of the molecule is CCc1[nH]nc(C(=O)NCC(C)SC)c1N. The van der Waals surface area contributed by atoms with Crippen LogP contribution in [0.2, 0.25) is 0 Å². The Balaban J connectivity index is 2.63. The molecule has 0 fully saturated rings. The second kappa shape index (κ2) is 5.79. The zero-order chi connectivity index (χ0) is 12.1. The molecule has 1 amide bonds. The van der Waals surface area contributed by atoms with Gasteiger partial charge in [-0.2, -0.15) is 16.9 Å². The predicted octanol–water partition coefficient (Wildman–Crippen LogP) is 1.04. The van der Waals surface area contributed by atoms with Crippen LogP contribution in [0.1, 0.15) is 30.0 Å². The molecule has 0 aromatic carbocycles. The zero-order valence-corrected chi connectivity index (χ0v) is 10.6.